The molecule has 138 valence electrons. The topological polar surface area (TPSA) is 49.3 Å². The lowest BCUT2D eigenvalue weighted by Crippen LogP contribution is -2.48. The van der Waals surface area contributed by atoms with E-state index in [2.05, 4.69) is 39.1 Å². The Bertz CT molecular complexity index is 873. The number of hydrogen-bond donors (Lipinski definition) is 0. The first-order chi connectivity index (χ1) is 13.3. The predicted octanol–water partition coefficient (Wildman–Crippen LogP) is 3.49. The van der Waals surface area contributed by atoms with Gasteiger partial charge in [0, 0.05) is 68.0 Å². The largest absolute Gasteiger partial charge is 0.368 e. The molecule has 5 nitrogen and oxygen atoms in total. The van der Waals surface area contributed by atoms with Crippen molar-refractivity contribution in [2.75, 3.05) is 31.1 Å². The third-order valence-corrected chi connectivity index (χ3v) is 5.74. The number of rotatable bonds is 5. The molecule has 1 saturated heterocycles. The van der Waals surface area contributed by atoms with Gasteiger partial charge in [-0.05, 0) is 24.3 Å². The second-order valence-electron chi connectivity index (χ2n) is 6.57. The van der Waals surface area contributed by atoms with Crippen LogP contribution in [0.5, 0.6) is 0 Å². The Morgan fingerprint density at radius 3 is 2.48 bits per heavy atom. The van der Waals surface area contributed by atoms with E-state index in [0.29, 0.717) is 12.8 Å². The monoisotopic (exact) mass is 378 g/mol. The van der Waals surface area contributed by atoms with Gasteiger partial charge in [-0.15, -0.1) is 11.3 Å². The number of pyridine rings is 1. The second kappa shape index (κ2) is 8.31. The van der Waals surface area contributed by atoms with Gasteiger partial charge in [-0.2, -0.15) is 0 Å². The van der Waals surface area contributed by atoms with Gasteiger partial charge in [0.2, 0.25) is 5.91 Å². The summed E-state index contributed by atoms with van der Waals surface area (Å²) in [6.45, 7) is 3.35. The molecular weight excluding hydrogens is 356 g/mol. The van der Waals surface area contributed by atoms with Crippen LogP contribution in [0.25, 0.3) is 11.3 Å². The minimum atomic E-state index is 0.225. The van der Waals surface area contributed by atoms with E-state index >= 15 is 0 Å². The normalized spacial score (nSPS) is 14.4. The summed E-state index contributed by atoms with van der Waals surface area (Å²) in [5.74, 6) is 0.225. The number of anilines is 1. The van der Waals surface area contributed by atoms with Crippen molar-refractivity contribution in [3.63, 3.8) is 0 Å². The molecule has 1 aromatic carbocycles. The molecule has 0 spiro atoms. The van der Waals surface area contributed by atoms with Crippen molar-refractivity contribution in [3.8, 4) is 11.3 Å². The van der Waals surface area contributed by atoms with Gasteiger partial charge in [-0.25, -0.2) is 4.98 Å². The van der Waals surface area contributed by atoms with Crippen LogP contribution in [0, 0.1) is 0 Å². The van der Waals surface area contributed by atoms with E-state index in [0.717, 1.165) is 42.4 Å². The van der Waals surface area contributed by atoms with E-state index in [4.69, 9.17) is 0 Å². The quantitative estimate of drug-likeness (QED) is 0.682. The summed E-state index contributed by atoms with van der Waals surface area (Å²) in [5, 5.41) is 3.06. The van der Waals surface area contributed by atoms with Gasteiger partial charge >= 0.3 is 0 Å². The zero-order chi connectivity index (χ0) is 18.5. The lowest BCUT2D eigenvalue weighted by atomic mass is 10.2. The van der Waals surface area contributed by atoms with Crippen LogP contribution in [-0.4, -0.2) is 47.0 Å². The number of piperazine rings is 1. The summed E-state index contributed by atoms with van der Waals surface area (Å²) >= 11 is 1.62. The first-order valence-electron chi connectivity index (χ1n) is 9.22. The first kappa shape index (κ1) is 17.7. The lowest BCUT2D eigenvalue weighted by Gasteiger charge is -2.36. The Labute approximate surface area is 163 Å². The molecule has 1 fully saturated rings. The van der Waals surface area contributed by atoms with Crippen LogP contribution in [0.2, 0.25) is 0 Å². The van der Waals surface area contributed by atoms with Crippen LogP contribution in [0.1, 0.15) is 11.4 Å². The standard InChI is InChI=1S/C21H22N4OS/c26-21(25-14-12-24(13-15-25)18-4-2-1-3-5-18)7-6-20-23-19(16-27-20)17-8-10-22-11-9-17/h1-5,8-11,16H,6-7,12-15H2. The predicted molar refractivity (Wildman–Crippen MR) is 109 cm³/mol. The minimum absolute atomic E-state index is 0.225. The first-order valence-corrected chi connectivity index (χ1v) is 10.1. The minimum Gasteiger partial charge on any atom is -0.368 e. The number of amides is 1. The second-order valence-corrected chi connectivity index (χ2v) is 7.51. The van der Waals surface area contributed by atoms with Crippen LogP contribution in [0.15, 0.2) is 60.2 Å². The van der Waals surface area contributed by atoms with E-state index in [1.165, 1.54) is 5.69 Å². The number of thiazole rings is 1. The summed E-state index contributed by atoms with van der Waals surface area (Å²) in [6, 6.07) is 14.3. The molecule has 1 aliphatic heterocycles. The molecule has 0 unspecified atom stereocenters. The Hall–Kier alpha value is -2.73. The number of benzene rings is 1. The van der Waals surface area contributed by atoms with Gasteiger partial charge in [0.15, 0.2) is 0 Å². The fourth-order valence-corrected chi connectivity index (χ4v) is 4.11. The summed E-state index contributed by atoms with van der Waals surface area (Å²) < 4.78 is 0. The third kappa shape index (κ3) is 4.34. The van der Waals surface area contributed by atoms with Crippen LogP contribution in [0.4, 0.5) is 5.69 Å². The Balaban J connectivity index is 1.27. The summed E-state index contributed by atoms with van der Waals surface area (Å²) in [7, 11) is 0. The fraction of sp³-hybridized carbons (Fsp3) is 0.286. The smallest absolute Gasteiger partial charge is 0.223 e. The van der Waals surface area contributed by atoms with Gasteiger partial charge in [-0.1, -0.05) is 18.2 Å². The molecule has 0 aliphatic carbocycles. The molecule has 0 radical (unpaired) electrons. The van der Waals surface area contributed by atoms with E-state index in [9.17, 15) is 4.79 Å². The Morgan fingerprint density at radius 2 is 1.74 bits per heavy atom. The summed E-state index contributed by atoms with van der Waals surface area (Å²) in [4.78, 5) is 25.6. The molecule has 4 rings (SSSR count). The molecule has 27 heavy (non-hydrogen) atoms. The molecule has 3 aromatic rings. The average Bonchev–Trinajstić information content (AvgIpc) is 3.22. The van der Waals surface area contributed by atoms with Crippen LogP contribution >= 0.6 is 11.3 Å². The van der Waals surface area contributed by atoms with Crippen molar-refractivity contribution in [2.45, 2.75) is 12.8 Å². The van der Waals surface area contributed by atoms with Gasteiger partial charge < -0.3 is 9.80 Å². The zero-order valence-electron chi connectivity index (χ0n) is 15.1. The molecule has 2 aromatic heterocycles. The molecule has 0 bridgehead atoms. The lowest BCUT2D eigenvalue weighted by molar-refractivity contribution is -0.131. The Kier molecular flexibility index (Phi) is 5.44. The van der Waals surface area contributed by atoms with E-state index in [1.54, 1.807) is 23.7 Å². The van der Waals surface area contributed by atoms with Crippen molar-refractivity contribution in [1.29, 1.82) is 0 Å². The highest BCUT2D eigenvalue weighted by molar-refractivity contribution is 7.09. The van der Waals surface area contributed by atoms with Crippen molar-refractivity contribution in [3.05, 3.63) is 65.2 Å². The Morgan fingerprint density at radius 1 is 1.00 bits per heavy atom. The van der Waals surface area contributed by atoms with Crippen LogP contribution < -0.4 is 4.90 Å². The van der Waals surface area contributed by atoms with E-state index in [1.807, 2.05) is 28.5 Å². The SMILES string of the molecule is O=C(CCc1nc(-c2ccncc2)cs1)N1CCN(c2ccccc2)CC1. The highest BCUT2D eigenvalue weighted by Crippen LogP contribution is 2.22. The zero-order valence-corrected chi connectivity index (χ0v) is 15.9. The number of carbonyl (C=O) groups is 1. The van der Waals surface area contributed by atoms with Gasteiger partial charge in [0.1, 0.15) is 0 Å². The molecule has 1 aliphatic rings. The van der Waals surface area contributed by atoms with Crippen molar-refractivity contribution in [1.82, 2.24) is 14.9 Å². The highest BCUT2D eigenvalue weighted by Gasteiger charge is 2.21. The van der Waals surface area contributed by atoms with Crippen LogP contribution in [-0.2, 0) is 11.2 Å². The molecular formula is C21H22N4OS. The fourth-order valence-electron chi connectivity index (χ4n) is 3.31. The number of para-hydroxylation sites is 1. The van der Waals surface area contributed by atoms with Gasteiger partial charge in [0.25, 0.3) is 0 Å². The number of aryl methyl sites for hydroxylation is 1. The molecule has 0 saturated carbocycles. The number of nitrogens with zero attached hydrogens (tertiary/aromatic N) is 4. The number of hydrogen-bond acceptors (Lipinski definition) is 5. The van der Waals surface area contributed by atoms with Crippen LogP contribution in [0.3, 0.4) is 0 Å². The van der Waals surface area contributed by atoms with Crippen molar-refractivity contribution in [2.24, 2.45) is 0 Å². The number of carbonyl (C=O) groups excluding carboxylic acids is 1. The van der Waals surface area contributed by atoms with Gasteiger partial charge in [-0.3, -0.25) is 9.78 Å². The maximum absolute atomic E-state index is 12.6. The summed E-state index contributed by atoms with van der Waals surface area (Å²) in [6.07, 6.45) is 4.77. The van der Waals surface area contributed by atoms with Crippen molar-refractivity contribution < 1.29 is 4.79 Å². The molecule has 3 heterocycles. The van der Waals surface area contributed by atoms with Gasteiger partial charge in [0.05, 0.1) is 10.7 Å². The van der Waals surface area contributed by atoms with Crippen molar-refractivity contribution >= 4 is 22.9 Å². The molecule has 0 N–H and O–H groups in total. The third-order valence-electron chi connectivity index (χ3n) is 4.83. The maximum atomic E-state index is 12.6. The van der Waals surface area contributed by atoms with E-state index in [-0.39, 0.29) is 5.91 Å². The highest BCUT2D eigenvalue weighted by atomic mass is 32.1. The molecule has 0 atom stereocenters. The molecule has 6 heteroatoms. The molecule has 1 amide bonds. The summed E-state index contributed by atoms with van der Waals surface area (Å²) in [5.41, 5.74) is 3.26. The number of aromatic nitrogens is 2. The van der Waals surface area contributed by atoms with E-state index < -0.39 is 0 Å². The maximum Gasteiger partial charge on any atom is 0.223 e. The average molecular weight is 379 g/mol.